The maximum atomic E-state index is 11.4. The molecule has 0 spiro atoms. The van der Waals surface area contributed by atoms with Crippen LogP contribution in [0.25, 0.3) is 0 Å². The summed E-state index contributed by atoms with van der Waals surface area (Å²) in [4.78, 5) is 0. The monoisotopic (exact) mass is 305 g/mol. The van der Waals surface area contributed by atoms with E-state index in [-0.39, 0.29) is 11.8 Å². The quantitative estimate of drug-likeness (QED) is 0.907. The van der Waals surface area contributed by atoms with E-state index in [9.17, 15) is 8.42 Å². The highest BCUT2D eigenvalue weighted by molar-refractivity contribution is 9.10. The van der Waals surface area contributed by atoms with Gasteiger partial charge in [-0.3, -0.25) is 0 Å². The van der Waals surface area contributed by atoms with Gasteiger partial charge < -0.3 is 0 Å². The first-order valence-electron chi connectivity index (χ1n) is 5.18. The van der Waals surface area contributed by atoms with Crippen molar-refractivity contribution in [2.24, 2.45) is 0 Å². The molecule has 5 heteroatoms. The second kappa shape index (κ2) is 5.80. The molecule has 0 bridgehead atoms. The minimum atomic E-state index is -3.12. The Hall–Kier alpha value is -0.390. The Bertz CT molecular complexity index is 445. The number of hydrogen-bond acceptors (Lipinski definition) is 2. The molecule has 0 aliphatic carbocycles. The first-order valence-corrected chi connectivity index (χ1v) is 7.62. The molecule has 3 nitrogen and oxygen atoms in total. The molecule has 1 atom stereocenters. The van der Waals surface area contributed by atoms with E-state index in [0.717, 1.165) is 10.0 Å². The molecule has 0 saturated carbocycles. The maximum absolute atomic E-state index is 11.4. The minimum absolute atomic E-state index is 0.0938. The molecule has 0 fully saturated rings. The summed E-state index contributed by atoms with van der Waals surface area (Å²) in [5.41, 5.74) is 1.11. The molecule has 1 N–H and O–H groups in total. The van der Waals surface area contributed by atoms with Crippen LogP contribution in [-0.4, -0.2) is 20.2 Å². The summed E-state index contributed by atoms with van der Waals surface area (Å²) in [6, 6.07) is 7.73. The zero-order chi connectivity index (χ0) is 12.2. The number of sulfonamides is 1. The Balaban J connectivity index is 2.66. The first-order chi connectivity index (χ1) is 7.44. The van der Waals surface area contributed by atoms with Gasteiger partial charge in [-0.2, -0.15) is 0 Å². The molecule has 1 aromatic carbocycles. The second-order valence-corrected chi connectivity index (χ2v) is 6.61. The predicted molar refractivity (Wildman–Crippen MR) is 69.9 cm³/mol. The van der Waals surface area contributed by atoms with Crippen LogP contribution in [0.4, 0.5) is 0 Å². The van der Waals surface area contributed by atoms with Crippen molar-refractivity contribution in [2.45, 2.75) is 26.3 Å². The summed E-state index contributed by atoms with van der Waals surface area (Å²) in [7, 11) is -3.12. The summed E-state index contributed by atoms with van der Waals surface area (Å²) in [6.45, 7) is 3.50. The van der Waals surface area contributed by atoms with Gasteiger partial charge in [-0.25, -0.2) is 13.1 Å². The highest BCUT2D eigenvalue weighted by Gasteiger charge is 2.13. The lowest BCUT2D eigenvalue weighted by Gasteiger charge is -2.14. The molecule has 1 aromatic rings. The first kappa shape index (κ1) is 13.7. The molecule has 0 aliphatic rings. The Morgan fingerprint density at radius 2 is 2.00 bits per heavy atom. The molecule has 16 heavy (non-hydrogen) atoms. The Labute approximate surface area is 105 Å². The normalized spacial score (nSPS) is 13.7. The molecule has 1 rings (SSSR count). The van der Waals surface area contributed by atoms with Crippen LogP contribution in [0.5, 0.6) is 0 Å². The van der Waals surface area contributed by atoms with Crippen molar-refractivity contribution in [1.29, 1.82) is 0 Å². The fourth-order valence-corrected chi connectivity index (χ4v) is 2.74. The van der Waals surface area contributed by atoms with Crippen molar-refractivity contribution in [3.8, 4) is 0 Å². The standard InChI is InChI=1S/C11H16BrNO2S/c1-3-16(14,15)13-9(2)8-10-6-4-5-7-11(10)12/h4-7,9,13H,3,8H2,1-2H3/t9-/m0/s1. The van der Waals surface area contributed by atoms with Gasteiger partial charge in [-0.15, -0.1) is 0 Å². The second-order valence-electron chi connectivity index (χ2n) is 3.72. The molecule has 0 radical (unpaired) electrons. The van der Waals surface area contributed by atoms with Gasteiger partial charge >= 0.3 is 0 Å². The third-order valence-corrected chi connectivity index (χ3v) is 4.54. The van der Waals surface area contributed by atoms with E-state index in [4.69, 9.17) is 0 Å². The molecule has 0 saturated heterocycles. The summed E-state index contributed by atoms with van der Waals surface area (Å²) < 4.78 is 26.4. The number of nitrogens with one attached hydrogen (secondary N) is 1. The number of rotatable bonds is 5. The average Bonchev–Trinajstić information content (AvgIpc) is 2.21. The van der Waals surface area contributed by atoms with E-state index in [1.54, 1.807) is 6.92 Å². The van der Waals surface area contributed by atoms with Gasteiger partial charge in [0.05, 0.1) is 5.75 Å². The SMILES string of the molecule is CCS(=O)(=O)N[C@@H](C)Cc1ccccc1Br. The third-order valence-electron chi connectivity index (χ3n) is 2.24. The van der Waals surface area contributed by atoms with Gasteiger partial charge in [0.1, 0.15) is 0 Å². The van der Waals surface area contributed by atoms with Crippen molar-refractivity contribution in [3.63, 3.8) is 0 Å². The van der Waals surface area contributed by atoms with Gasteiger partial charge in [0, 0.05) is 10.5 Å². The lowest BCUT2D eigenvalue weighted by Crippen LogP contribution is -2.35. The Morgan fingerprint density at radius 3 is 2.56 bits per heavy atom. The molecule has 0 amide bonds. The molecule has 0 unspecified atom stereocenters. The molecular formula is C11H16BrNO2S. The predicted octanol–water partition coefficient (Wildman–Crippen LogP) is 2.32. The van der Waals surface area contributed by atoms with Gasteiger partial charge in [0.2, 0.25) is 10.0 Å². The summed E-state index contributed by atoms with van der Waals surface area (Å²) in [5.74, 6) is 0.118. The summed E-state index contributed by atoms with van der Waals surface area (Å²) >= 11 is 3.44. The fraction of sp³-hybridized carbons (Fsp3) is 0.455. The zero-order valence-corrected chi connectivity index (χ0v) is 11.8. The van der Waals surface area contributed by atoms with Crippen LogP contribution < -0.4 is 4.72 Å². The highest BCUT2D eigenvalue weighted by atomic mass is 79.9. The Morgan fingerprint density at radius 1 is 1.38 bits per heavy atom. The van der Waals surface area contributed by atoms with Crippen LogP contribution >= 0.6 is 15.9 Å². The van der Waals surface area contributed by atoms with Crippen LogP contribution in [-0.2, 0) is 16.4 Å². The highest BCUT2D eigenvalue weighted by Crippen LogP contribution is 2.17. The zero-order valence-electron chi connectivity index (χ0n) is 9.40. The van der Waals surface area contributed by atoms with E-state index in [2.05, 4.69) is 20.7 Å². The Kier molecular flexibility index (Phi) is 4.95. The van der Waals surface area contributed by atoms with Crippen molar-refractivity contribution < 1.29 is 8.42 Å². The number of halogens is 1. The summed E-state index contributed by atoms with van der Waals surface area (Å²) in [5, 5.41) is 0. The molecular weight excluding hydrogens is 290 g/mol. The smallest absolute Gasteiger partial charge is 0.211 e. The van der Waals surface area contributed by atoms with E-state index < -0.39 is 10.0 Å². The van der Waals surface area contributed by atoms with Crippen molar-refractivity contribution in [1.82, 2.24) is 4.72 Å². The summed E-state index contributed by atoms with van der Waals surface area (Å²) in [6.07, 6.45) is 0.681. The van der Waals surface area contributed by atoms with Gasteiger partial charge in [0.15, 0.2) is 0 Å². The van der Waals surface area contributed by atoms with Crippen LogP contribution in [0, 0.1) is 0 Å². The lowest BCUT2D eigenvalue weighted by atomic mass is 10.1. The van der Waals surface area contributed by atoms with Crippen molar-refractivity contribution in [2.75, 3.05) is 5.75 Å². The molecule has 0 aromatic heterocycles. The largest absolute Gasteiger partial charge is 0.212 e. The fourth-order valence-electron chi connectivity index (χ4n) is 1.43. The van der Waals surface area contributed by atoms with Crippen LogP contribution in [0.1, 0.15) is 19.4 Å². The average molecular weight is 306 g/mol. The van der Waals surface area contributed by atoms with Crippen molar-refractivity contribution >= 4 is 26.0 Å². The van der Waals surface area contributed by atoms with Gasteiger partial charge in [-0.1, -0.05) is 34.1 Å². The van der Waals surface area contributed by atoms with E-state index >= 15 is 0 Å². The number of hydrogen-bond donors (Lipinski definition) is 1. The molecule has 0 heterocycles. The maximum Gasteiger partial charge on any atom is 0.211 e. The third kappa shape index (κ3) is 4.23. The molecule has 90 valence electrons. The van der Waals surface area contributed by atoms with Gasteiger partial charge in [0.25, 0.3) is 0 Å². The van der Waals surface area contributed by atoms with Crippen LogP contribution in [0.15, 0.2) is 28.7 Å². The lowest BCUT2D eigenvalue weighted by molar-refractivity contribution is 0.561. The topological polar surface area (TPSA) is 46.2 Å². The van der Waals surface area contributed by atoms with E-state index in [0.29, 0.717) is 6.42 Å². The van der Waals surface area contributed by atoms with Gasteiger partial charge in [-0.05, 0) is 31.9 Å². The van der Waals surface area contributed by atoms with Crippen LogP contribution in [0.2, 0.25) is 0 Å². The molecule has 0 aliphatic heterocycles. The number of benzene rings is 1. The van der Waals surface area contributed by atoms with E-state index in [1.807, 2.05) is 31.2 Å². The van der Waals surface area contributed by atoms with Crippen molar-refractivity contribution in [3.05, 3.63) is 34.3 Å². The van der Waals surface area contributed by atoms with E-state index in [1.165, 1.54) is 0 Å². The van der Waals surface area contributed by atoms with Crippen LogP contribution in [0.3, 0.4) is 0 Å². The minimum Gasteiger partial charge on any atom is -0.212 e.